The Morgan fingerprint density at radius 2 is 2.22 bits per heavy atom. The minimum atomic E-state index is 0.604. The first-order valence-corrected chi connectivity index (χ1v) is 6.08. The number of aromatic nitrogens is 6. The van der Waals surface area contributed by atoms with E-state index in [0.717, 1.165) is 18.9 Å². The average Bonchev–Trinajstić information content (AvgIpc) is 2.89. The van der Waals surface area contributed by atoms with Crippen molar-refractivity contribution in [1.82, 2.24) is 35.1 Å². The predicted molar refractivity (Wildman–Crippen MR) is 66.7 cm³/mol. The largest absolute Gasteiger partial charge is 0.326 e. The van der Waals surface area contributed by atoms with Crippen LogP contribution in [0.15, 0.2) is 12.4 Å². The average molecular weight is 249 g/mol. The highest BCUT2D eigenvalue weighted by atomic mass is 15.6. The molecule has 2 heterocycles. The van der Waals surface area contributed by atoms with Gasteiger partial charge < -0.3 is 9.88 Å². The van der Waals surface area contributed by atoms with Gasteiger partial charge in [0, 0.05) is 12.4 Å². The van der Waals surface area contributed by atoms with Gasteiger partial charge in [-0.15, -0.1) is 10.2 Å². The number of rotatable bonds is 6. The minimum absolute atomic E-state index is 0.604. The van der Waals surface area contributed by atoms with Gasteiger partial charge in [0.25, 0.3) is 0 Å². The molecular weight excluding hydrogens is 230 g/mol. The van der Waals surface area contributed by atoms with Crippen molar-refractivity contribution in [3.05, 3.63) is 24.0 Å². The molecule has 0 unspecified atom stereocenters. The van der Waals surface area contributed by atoms with Crippen LogP contribution < -0.4 is 5.32 Å². The van der Waals surface area contributed by atoms with Crippen molar-refractivity contribution < 1.29 is 0 Å². The van der Waals surface area contributed by atoms with E-state index >= 15 is 0 Å². The molecule has 0 aliphatic heterocycles. The molecule has 98 valence electrons. The van der Waals surface area contributed by atoms with Crippen molar-refractivity contribution in [2.75, 3.05) is 6.54 Å². The van der Waals surface area contributed by atoms with Crippen molar-refractivity contribution in [2.24, 2.45) is 13.0 Å². The SMILES string of the molecule is CC(C)CNCc1nccn1Cc1nnn(C)n1. The zero-order chi connectivity index (χ0) is 13.0. The van der Waals surface area contributed by atoms with E-state index in [9.17, 15) is 0 Å². The quantitative estimate of drug-likeness (QED) is 0.791. The molecule has 7 nitrogen and oxygen atoms in total. The molecular formula is C11H19N7. The molecule has 2 aromatic heterocycles. The number of aryl methyl sites for hydroxylation is 1. The summed E-state index contributed by atoms with van der Waals surface area (Å²) in [4.78, 5) is 5.79. The second kappa shape index (κ2) is 5.72. The zero-order valence-electron chi connectivity index (χ0n) is 11.0. The Morgan fingerprint density at radius 1 is 1.39 bits per heavy atom. The summed E-state index contributed by atoms with van der Waals surface area (Å²) in [5.74, 6) is 2.32. The van der Waals surface area contributed by atoms with Crippen LogP contribution >= 0.6 is 0 Å². The molecule has 2 rings (SSSR count). The van der Waals surface area contributed by atoms with Crippen LogP contribution in [0.25, 0.3) is 0 Å². The Hall–Kier alpha value is -1.76. The summed E-state index contributed by atoms with van der Waals surface area (Å²) < 4.78 is 2.03. The van der Waals surface area contributed by atoms with Crippen molar-refractivity contribution in [3.63, 3.8) is 0 Å². The first kappa shape index (κ1) is 12.7. The molecule has 0 radical (unpaired) electrons. The highest BCUT2D eigenvalue weighted by molar-refractivity contribution is 4.95. The topological polar surface area (TPSA) is 73.5 Å². The van der Waals surface area contributed by atoms with E-state index in [4.69, 9.17) is 0 Å². The molecule has 0 amide bonds. The first-order valence-electron chi connectivity index (χ1n) is 6.08. The first-order chi connectivity index (χ1) is 8.65. The summed E-state index contributed by atoms with van der Waals surface area (Å²) in [6.45, 7) is 6.71. The van der Waals surface area contributed by atoms with Crippen molar-refractivity contribution >= 4 is 0 Å². The molecule has 0 atom stereocenters. The fourth-order valence-corrected chi connectivity index (χ4v) is 1.66. The molecule has 7 heteroatoms. The van der Waals surface area contributed by atoms with Gasteiger partial charge in [-0.3, -0.25) is 0 Å². The van der Waals surface area contributed by atoms with Crippen molar-refractivity contribution in [3.8, 4) is 0 Å². The van der Waals surface area contributed by atoms with Crippen LogP contribution in [0.2, 0.25) is 0 Å². The Labute approximate surface area is 106 Å². The normalized spacial score (nSPS) is 11.3. The summed E-state index contributed by atoms with van der Waals surface area (Å²) in [6, 6.07) is 0. The monoisotopic (exact) mass is 249 g/mol. The van der Waals surface area contributed by atoms with Crippen LogP contribution in [-0.4, -0.2) is 36.3 Å². The fraction of sp³-hybridized carbons (Fsp3) is 0.636. The van der Waals surface area contributed by atoms with Crippen LogP contribution in [0.1, 0.15) is 25.5 Å². The molecule has 1 N–H and O–H groups in total. The van der Waals surface area contributed by atoms with Gasteiger partial charge in [0.05, 0.1) is 20.1 Å². The van der Waals surface area contributed by atoms with E-state index in [1.54, 1.807) is 13.2 Å². The Balaban J connectivity index is 1.95. The highest BCUT2D eigenvalue weighted by Gasteiger charge is 2.06. The lowest BCUT2D eigenvalue weighted by molar-refractivity contribution is 0.531. The molecule has 0 saturated carbocycles. The van der Waals surface area contributed by atoms with Gasteiger partial charge in [0.15, 0.2) is 5.82 Å². The third-order valence-electron chi connectivity index (χ3n) is 2.50. The number of imidazole rings is 1. The second-order valence-corrected chi connectivity index (χ2v) is 4.69. The van der Waals surface area contributed by atoms with Gasteiger partial charge in [0.1, 0.15) is 5.82 Å². The van der Waals surface area contributed by atoms with Gasteiger partial charge >= 0.3 is 0 Å². The van der Waals surface area contributed by atoms with E-state index in [1.165, 1.54) is 4.80 Å². The maximum atomic E-state index is 4.33. The highest BCUT2D eigenvalue weighted by Crippen LogP contribution is 2.01. The molecule has 0 aromatic carbocycles. The summed E-state index contributed by atoms with van der Waals surface area (Å²) in [5, 5.41) is 15.3. The third-order valence-corrected chi connectivity index (χ3v) is 2.50. The molecule has 0 spiro atoms. The maximum Gasteiger partial charge on any atom is 0.194 e. The van der Waals surface area contributed by atoms with Gasteiger partial charge in [-0.25, -0.2) is 4.98 Å². The van der Waals surface area contributed by atoms with Gasteiger partial charge in [-0.1, -0.05) is 13.8 Å². The molecule has 2 aromatic rings. The molecule has 0 saturated heterocycles. The molecule has 0 aliphatic carbocycles. The van der Waals surface area contributed by atoms with Gasteiger partial charge in [-0.2, -0.15) is 4.80 Å². The second-order valence-electron chi connectivity index (χ2n) is 4.69. The molecule has 0 bridgehead atoms. The standard InChI is InChI=1S/C11H19N7/c1-9(2)6-12-7-11-13-4-5-18(11)8-10-14-16-17(3)15-10/h4-5,9,12H,6-8H2,1-3H3. The van der Waals surface area contributed by atoms with Crippen molar-refractivity contribution in [2.45, 2.75) is 26.9 Å². The number of tetrazole rings is 1. The van der Waals surface area contributed by atoms with Gasteiger partial charge in [0.2, 0.25) is 0 Å². The number of nitrogens with zero attached hydrogens (tertiary/aromatic N) is 6. The lowest BCUT2D eigenvalue weighted by atomic mass is 10.2. The predicted octanol–water partition coefficient (Wildman–Crippen LogP) is 0.200. The Bertz CT molecular complexity index is 485. The van der Waals surface area contributed by atoms with Crippen LogP contribution in [0.4, 0.5) is 0 Å². The maximum absolute atomic E-state index is 4.33. The van der Waals surface area contributed by atoms with Crippen LogP contribution in [0.5, 0.6) is 0 Å². The van der Waals surface area contributed by atoms with Crippen LogP contribution in [0.3, 0.4) is 0 Å². The van der Waals surface area contributed by atoms with E-state index in [2.05, 4.69) is 39.6 Å². The van der Waals surface area contributed by atoms with E-state index in [1.807, 2.05) is 10.8 Å². The summed E-state index contributed by atoms with van der Waals surface area (Å²) in [5.41, 5.74) is 0. The summed E-state index contributed by atoms with van der Waals surface area (Å²) >= 11 is 0. The zero-order valence-corrected chi connectivity index (χ0v) is 11.0. The molecule has 18 heavy (non-hydrogen) atoms. The Kier molecular flexibility index (Phi) is 4.03. The lowest BCUT2D eigenvalue weighted by Crippen LogP contribution is -2.21. The van der Waals surface area contributed by atoms with E-state index in [-0.39, 0.29) is 0 Å². The van der Waals surface area contributed by atoms with Crippen LogP contribution in [0, 0.1) is 5.92 Å². The number of hydrogen-bond donors (Lipinski definition) is 1. The third kappa shape index (κ3) is 3.36. The van der Waals surface area contributed by atoms with Gasteiger partial charge in [-0.05, 0) is 17.7 Å². The van der Waals surface area contributed by atoms with E-state index in [0.29, 0.717) is 18.3 Å². The smallest absolute Gasteiger partial charge is 0.194 e. The van der Waals surface area contributed by atoms with Crippen molar-refractivity contribution in [1.29, 1.82) is 0 Å². The van der Waals surface area contributed by atoms with Crippen LogP contribution in [-0.2, 0) is 20.1 Å². The molecule has 0 fully saturated rings. The minimum Gasteiger partial charge on any atom is -0.326 e. The molecule has 0 aliphatic rings. The summed E-state index contributed by atoms with van der Waals surface area (Å²) in [7, 11) is 1.76. The lowest BCUT2D eigenvalue weighted by Gasteiger charge is -2.08. The van der Waals surface area contributed by atoms with E-state index < -0.39 is 0 Å². The fourth-order valence-electron chi connectivity index (χ4n) is 1.66. The Morgan fingerprint density at radius 3 is 2.89 bits per heavy atom. The number of hydrogen-bond acceptors (Lipinski definition) is 5. The summed E-state index contributed by atoms with van der Waals surface area (Å²) in [6.07, 6.45) is 3.73. The number of nitrogens with one attached hydrogen (secondary N) is 1.